The van der Waals surface area contributed by atoms with Crippen molar-refractivity contribution in [3.05, 3.63) is 0 Å². The number of ether oxygens (including phenoxy) is 3. The number of unbranched alkanes of at least 4 members (excludes halogenated alkanes) is 8. The van der Waals surface area contributed by atoms with Gasteiger partial charge in [0.2, 0.25) is 0 Å². The zero-order valence-electron chi connectivity index (χ0n) is 16.6. The molecule has 0 bridgehead atoms. The van der Waals surface area contributed by atoms with E-state index in [-0.39, 0.29) is 26.4 Å². The van der Waals surface area contributed by atoms with Crippen LogP contribution in [0, 0.1) is 0 Å². The molecule has 152 valence electrons. The normalized spacial score (nSPS) is 13.9. The zero-order valence-corrected chi connectivity index (χ0v) is 16.6. The Morgan fingerprint density at radius 3 is 1.28 bits per heavy atom. The van der Waals surface area contributed by atoms with Crippen molar-refractivity contribution in [2.75, 3.05) is 39.6 Å². The SMILES string of the molecule is CCCCCCCOCC(O)COCC(O)COCCCCCCC. The van der Waals surface area contributed by atoms with Gasteiger partial charge < -0.3 is 24.4 Å². The van der Waals surface area contributed by atoms with Crippen LogP contribution >= 0.6 is 0 Å². The van der Waals surface area contributed by atoms with Crippen LogP contribution in [0.15, 0.2) is 0 Å². The lowest BCUT2D eigenvalue weighted by molar-refractivity contribution is -0.0566. The van der Waals surface area contributed by atoms with E-state index in [1.54, 1.807) is 0 Å². The fraction of sp³-hybridized carbons (Fsp3) is 1.00. The molecular formula is C20H42O5. The van der Waals surface area contributed by atoms with E-state index in [9.17, 15) is 10.2 Å². The van der Waals surface area contributed by atoms with Gasteiger partial charge in [0, 0.05) is 13.2 Å². The highest BCUT2D eigenvalue weighted by molar-refractivity contribution is 4.56. The smallest absolute Gasteiger partial charge is 0.101 e. The number of rotatable bonds is 20. The second kappa shape index (κ2) is 20.1. The lowest BCUT2D eigenvalue weighted by Crippen LogP contribution is -2.27. The van der Waals surface area contributed by atoms with Gasteiger partial charge in [0.1, 0.15) is 12.2 Å². The molecule has 0 aliphatic carbocycles. The molecule has 0 heterocycles. The maximum Gasteiger partial charge on any atom is 0.101 e. The predicted molar refractivity (Wildman–Crippen MR) is 102 cm³/mol. The van der Waals surface area contributed by atoms with E-state index in [1.165, 1.54) is 51.4 Å². The average Bonchev–Trinajstić information content (AvgIpc) is 2.60. The average molecular weight is 363 g/mol. The van der Waals surface area contributed by atoms with Gasteiger partial charge in [0.15, 0.2) is 0 Å². The monoisotopic (exact) mass is 362 g/mol. The highest BCUT2D eigenvalue weighted by Crippen LogP contribution is 2.03. The Bertz CT molecular complexity index is 226. The lowest BCUT2D eigenvalue weighted by atomic mass is 10.2. The van der Waals surface area contributed by atoms with E-state index >= 15 is 0 Å². The van der Waals surface area contributed by atoms with Crippen LogP contribution in [0.5, 0.6) is 0 Å². The van der Waals surface area contributed by atoms with Crippen LogP contribution in [0.3, 0.4) is 0 Å². The molecule has 0 aliphatic heterocycles. The van der Waals surface area contributed by atoms with Gasteiger partial charge in [-0.25, -0.2) is 0 Å². The molecule has 0 fully saturated rings. The molecule has 0 aromatic carbocycles. The molecular weight excluding hydrogens is 320 g/mol. The minimum atomic E-state index is -0.637. The van der Waals surface area contributed by atoms with Crippen LogP contribution in [0.1, 0.15) is 78.1 Å². The first-order valence-electron chi connectivity index (χ1n) is 10.3. The first-order chi connectivity index (χ1) is 12.2. The maximum atomic E-state index is 9.76. The summed E-state index contributed by atoms with van der Waals surface area (Å²) < 4.78 is 16.2. The maximum absolute atomic E-state index is 9.76. The summed E-state index contributed by atoms with van der Waals surface area (Å²) in [4.78, 5) is 0. The van der Waals surface area contributed by atoms with Gasteiger partial charge in [0.25, 0.3) is 0 Å². The van der Waals surface area contributed by atoms with E-state index in [4.69, 9.17) is 14.2 Å². The summed E-state index contributed by atoms with van der Waals surface area (Å²) in [6.07, 6.45) is 10.7. The van der Waals surface area contributed by atoms with E-state index in [1.807, 2.05) is 0 Å². The molecule has 0 aromatic rings. The Morgan fingerprint density at radius 1 is 0.520 bits per heavy atom. The number of hydrogen-bond acceptors (Lipinski definition) is 5. The topological polar surface area (TPSA) is 68.2 Å². The Morgan fingerprint density at radius 2 is 0.880 bits per heavy atom. The van der Waals surface area contributed by atoms with Crippen molar-refractivity contribution in [1.29, 1.82) is 0 Å². The third-order valence-corrected chi connectivity index (χ3v) is 4.03. The first-order valence-corrected chi connectivity index (χ1v) is 10.3. The van der Waals surface area contributed by atoms with Crippen LogP contribution in [0.25, 0.3) is 0 Å². The summed E-state index contributed by atoms with van der Waals surface area (Å²) in [7, 11) is 0. The van der Waals surface area contributed by atoms with Gasteiger partial charge in [-0.15, -0.1) is 0 Å². The minimum absolute atomic E-state index is 0.184. The Kier molecular flexibility index (Phi) is 20.0. The molecule has 0 amide bonds. The van der Waals surface area contributed by atoms with Gasteiger partial charge in [-0.1, -0.05) is 65.2 Å². The molecule has 2 N–H and O–H groups in total. The molecule has 5 nitrogen and oxygen atoms in total. The standard InChI is InChI=1S/C20H42O5/c1-3-5-7-9-11-13-23-15-19(21)17-25-18-20(22)16-24-14-12-10-8-6-4-2/h19-22H,3-18H2,1-2H3. The summed E-state index contributed by atoms with van der Waals surface area (Å²) in [5.41, 5.74) is 0. The van der Waals surface area contributed by atoms with Crippen LogP contribution < -0.4 is 0 Å². The van der Waals surface area contributed by atoms with E-state index in [2.05, 4.69) is 13.8 Å². The molecule has 0 saturated carbocycles. The molecule has 0 spiro atoms. The second-order valence-electron chi connectivity index (χ2n) is 6.82. The van der Waals surface area contributed by atoms with Gasteiger partial charge in [0.05, 0.1) is 26.4 Å². The summed E-state index contributed by atoms with van der Waals surface area (Å²) in [5.74, 6) is 0. The molecule has 25 heavy (non-hydrogen) atoms. The lowest BCUT2D eigenvalue weighted by Gasteiger charge is -2.15. The van der Waals surface area contributed by atoms with E-state index < -0.39 is 12.2 Å². The predicted octanol–water partition coefficient (Wildman–Crippen LogP) is 3.70. The fourth-order valence-electron chi connectivity index (χ4n) is 2.49. The molecule has 0 aliphatic rings. The fourth-order valence-corrected chi connectivity index (χ4v) is 2.49. The van der Waals surface area contributed by atoms with Crippen molar-refractivity contribution < 1.29 is 24.4 Å². The van der Waals surface area contributed by atoms with E-state index in [0.717, 1.165) is 12.8 Å². The van der Waals surface area contributed by atoms with Gasteiger partial charge >= 0.3 is 0 Å². The summed E-state index contributed by atoms with van der Waals surface area (Å²) in [6.45, 7) is 6.73. The zero-order chi connectivity index (χ0) is 18.6. The largest absolute Gasteiger partial charge is 0.388 e. The summed E-state index contributed by atoms with van der Waals surface area (Å²) in [5, 5.41) is 19.5. The van der Waals surface area contributed by atoms with Crippen molar-refractivity contribution in [2.24, 2.45) is 0 Å². The van der Waals surface area contributed by atoms with Crippen LogP contribution in [-0.4, -0.2) is 62.1 Å². The molecule has 0 radical (unpaired) electrons. The highest BCUT2D eigenvalue weighted by atomic mass is 16.5. The van der Waals surface area contributed by atoms with Crippen LogP contribution in [0.2, 0.25) is 0 Å². The van der Waals surface area contributed by atoms with Crippen molar-refractivity contribution in [3.63, 3.8) is 0 Å². The number of aliphatic hydroxyl groups is 2. The third kappa shape index (κ3) is 20.0. The number of aliphatic hydroxyl groups excluding tert-OH is 2. The molecule has 0 rings (SSSR count). The summed E-state index contributed by atoms with van der Waals surface area (Å²) >= 11 is 0. The number of hydrogen-bond donors (Lipinski definition) is 2. The summed E-state index contributed by atoms with van der Waals surface area (Å²) in [6, 6.07) is 0. The van der Waals surface area contributed by atoms with Crippen LogP contribution in [0.4, 0.5) is 0 Å². The second-order valence-corrected chi connectivity index (χ2v) is 6.82. The van der Waals surface area contributed by atoms with Crippen molar-refractivity contribution in [1.82, 2.24) is 0 Å². The minimum Gasteiger partial charge on any atom is -0.388 e. The van der Waals surface area contributed by atoms with Gasteiger partial charge in [-0.2, -0.15) is 0 Å². The van der Waals surface area contributed by atoms with Crippen molar-refractivity contribution in [2.45, 2.75) is 90.3 Å². The molecule has 0 saturated heterocycles. The van der Waals surface area contributed by atoms with E-state index in [0.29, 0.717) is 13.2 Å². The first kappa shape index (κ1) is 24.8. The van der Waals surface area contributed by atoms with Crippen molar-refractivity contribution in [3.8, 4) is 0 Å². The van der Waals surface area contributed by atoms with Crippen LogP contribution in [-0.2, 0) is 14.2 Å². The molecule has 0 aromatic heterocycles. The van der Waals surface area contributed by atoms with Gasteiger partial charge in [-0.05, 0) is 12.8 Å². The molecule has 2 atom stereocenters. The Labute approximate surface area is 155 Å². The molecule has 5 heteroatoms. The third-order valence-electron chi connectivity index (χ3n) is 4.03. The quantitative estimate of drug-likeness (QED) is 0.323. The van der Waals surface area contributed by atoms with Gasteiger partial charge in [-0.3, -0.25) is 0 Å². The molecule has 2 unspecified atom stereocenters. The Balaban J connectivity index is 3.29. The highest BCUT2D eigenvalue weighted by Gasteiger charge is 2.08. The Hall–Kier alpha value is -0.200. The van der Waals surface area contributed by atoms with Crippen molar-refractivity contribution >= 4 is 0 Å².